The highest BCUT2D eigenvalue weighted by Crippen LogP contribution is 2.22. The minimum Gasteiger partial charge on any atom is -0.351 e. The molecule has 0 aliphatic rings. The first kappa shape index (κ1) is 16.3. The third-order valence-corrected chi connectivity index (χ3v) is 4.96. The maximum absolute atomic E-state index is 12.4. The van der Waals surface area contributed by atoms with Gasteiger partial charge in [-0.05, 0) is 55.3 Å². The highest BCUT2D eigenvalue weighted by Gasteiger charge is 2.13. The molecule has 0 fully saturated rings. The zero-order chi connectivity index (χ0) is 17.5. The van der Waals surface area contributed by atoms with Crippen molar-refractivity contribution in [2.75, 3.05) is 11.6 Å². The molecule has 3 aromatic rings. The van der Waals surface area contributed by atoms with E-state index in [-0.39, 0.29) is 10.8 Å². The van der Waals surface area contributed by atoms with E-state index in [0.717, 1.165) is 28.3 Å². The van der Waals surface area contributed by atoms with Gasteiger partial charge >= 0.3 is 0 Å². The van der Waals surface area contributed by atoms with Gasteiger partial charge in [0, 0.05) is 22.8 Å². The minimum absolute atomic E-state index is 0.170. The Labute approximate surface area is 140 Å². The summed E-state index contributed by atoms with van der Waals surface area (Å²) in [5, 5.41) is 3.73. The van der Waals surface area contributed by atoms with Gasteiger partial charge in [-0.2, -0.15) is 0 Å². The van der Waals surface area contributed by atoms with Gasteiger partial charge < -0.3 is 10.3 Å². The molecule has 5 nitrogen and oxygen atoms in total. The fraction of sp³-hybridized carbons (Fsp3) is 0.167. The van der Waals surface area contributed by atoms with Gasteiger partial charge in [0.25, 0.3) is 5.91 Å². The van der Waals surface area contributed by atoms with Crippen LogP contribution in [0.4, 0.5) is 5.69 Å². The van der Waals surface area contributed by atoms with Crippen molar-refractivity contribution >= 4 is 32.3 Å². The number of amides is 1. The molecule has 1 aromatic heterocycles. The standard InChI is InChI=1S/C18H18N2O3S/c1-11-7-12(2)15-10-17(20-16(15)8-11)18(21)19-13-5-4-6-14(9-13)24(3,22)23/h4-10,20H,1-3H3,(H,19,21). The first-order chi connectivity index (χ1) is 11.2. The van der Waals surface area contributed by atoms with Crippen LogP contribution in [0.3, 0.4) is 0 Å². The average molecular weight is 342 g/mol. The van der Waals surface area contributed by atoms with Gasteiger partial charge in [-0.3, -0.25) is 4.79 Å². The van der Waals surface area contributed by atoms with Crippen molar-refractivity contribution in [2.24, 2.45) is 0 Å². The normalized spacial score (nSPS) is 11.6. The Morgan fingerprint density at radius 2 is 1.83 bits per heavy atom. The van der Waals surface area contributed by atoms with Crippen molar-refractivity contribution in [1.82, 2.24) is 4.98 Å². The Morgan fingerprint density at radius 3 is 2.54 bits per heavy atom. The van der Waals surface area contributed by atoms with E-state index in [0.29, 0.717) is 11.4 Å². The molecule has 0 unspecified atom stereocenters. The number of sulfone groups is 1. The third kappa shape index (κ3) is 3.19. The summed E-state index contributed by atoms with van der Waals surface area (Å²) in [7, 11) is -3.32. The SMILES string of the molecule is Cc1cc(C)c2cc(C(=O)Nc3cccc(S(C)(=O)=O)c3)[nH]c2c1. The number of benzene rings is 2. The monoisotopic (exact) mass is 342 g/mol. The molecule has 0 saturated carbocycles. The summed E-state index contributed by atoms with van der Waals surface area (Å²) in [6.45, 7) is 4.00. The van der Waals surface area contributed by atoms with E-state index in [1.807, 2.05) is 19.9 Å². The van der Waals surface area contributed by atoms with Gasteiger partial charge in [0.2, 0.25) is 0 Å². The average Bonchev–Trinajstić information content (AvgIpc) is 2.91. The van der Waals surface area contributed by atoms with Crippen molar-refractivity contribution in [3.05, 3.63) is 59.3 Å². The summed E-state index contributed by atoms with van der Waals surface area (Å²) < 4.78 is 23.2. The molecule has 0 aliphatic carbocycles. The molecule has 24 heavy (non-hydrogen) atoms. The van der Waals surface area contributed by atoms with Crippen LogP contribution in [0.1, 0.15) is 21.6 Å². The lowest BCUT2D eigenvalue weighted by Gasteiger charge is -2.05. The highest BCUT2D eigenvalue weighted by molar-refractivity contribution is 7.90. The van der Waals surface area contributed by atoms with E-state index in [2.05, 4.69) is 16.4 Å². The Balaban J connectivity index is 1.92. The number of fused-ring (bicyclic) bond motifs is 1. The molecule has 1 heterocycles. The zero-order valence-electron chi connectivity index (χ0n) is 13.7. The van der Waals surface area contributed by atoms with Crippen LogP contribution in [-0.2, 0) is 9.84 Å². The molecule has 0 bridgehead atoms. The summed E-state index contributed by atoms with van der Waals surface area (Å²) in [5.41, 5.74) is 3.99. The summed E-state index contributed by atoms with van der Waals surface area (Å²) in [4.78, 5) is 15.7. The van der Waals surface area contributed by atoms with E-state index in [4.69, 9.17) is 0 Å². The Morgan fingerprint density at radius 1 is 1.08 bits per heavy atom. The Bertz CT molecular complexity index is 1050. The number of rotatable bonds is 3. The summed E-state index contributed by atoms with van der Waals surface area (Å²) in [6.07, 6.45) is 1.14. The number of hydrogen-bond donors (Lipinski definition) is 2. The van der Waals surface area contributed by atoms with Crippen molar-refractivity contribution in [3.63, 3.8) is 0 Å². The molecule has 0 atom stereocenters. The van der Waals surface area contributed by atoms with E-state index in [1.54, 1.807) is 18.2 Å². The molecule has 6 heteroatoms. The van der Waals surface area contributed by atoms with Crippen LogP contribution in [0.15, 0.2) is 47.4 Å². The van der Waals surface area contributed by atoms with Crippen LogP contribution in [0.25, 0.3) is 10.9 Å². The summed E-state index contributed by atoms with van der Waals surface area (Å²) in [5.74, 6) is -0.311. The third-order valence-electron chi connectivity index (χ3n) is 3.85. The van der Waals surface area contributed by atoms with Crippen molar-refractivity contribution in [1.29, 1.82) is 0 Å². The number of aryl methyl sites for hydroxylation is 2. The van der Waals surface area contributed by atoms with Crippen LogP contribution in [0.5, 0.6) is 0 Å². The lowest BCUT2D eigenvalue weighted by molar-refractivity contribution is 0.102. The first-order valence-electron chi connectivity index (χ1n) is 7.45. The zero-order valence-corrected chi connectivity index (χ0v) is 14.5. The molecular formula is C18H18N2O3S. The maximum atomic E-state index is 12.4. The number of aromatic nitrogens is 1. The summed E-state index contributed by atoms with van der Waals surface area (Å²) in [6, 6.07) is 12.1. The van der Waals surface area contributed by atoms with Crippen LogP contribution in [0, 0.1) is 13.8 Å². The van der Waals surface area contributed by atoms with Crippen LogP contribution < -0.4 is 5.32 Å². The minimum atomic E-state index is -3.32. The second kappa shape index (κ2) is 5.79. The second-order valence-electron chi connectivity index (χ2n) is 5.98. The molecule has 3 rings (SSSR count). The lowest BCUT2D eigenvalue weighted by Crippen LogP contribution is -2.12. The van der Waals surface area contributed by atoms with Gasteiger partial charge in [-0.15, -0.1) is 0 Å². The van der Waals surface area contributed by atoms with Gasteiger partial charge in [-0.1, -0.05) is 12.1 Å². The molecule has 2 aromatic carbocycles. The van der Waals surface area contributed by atoms with Crippen molar-refractivity contribution in [2.45, 2.75) is 18.7 Å². The van der Waals surface area contributed by atoms with Gasteiger partial charge in [0.15, 0.2) is 9.84 Å². The lowest BCUT2D eigenvalue weighted by atomic mass is 10.1. The first-order valence-corrected chi connectivity index (χ1v) is 9.34. The fourth-order valence-electron chi connectivity index (χ4n) is 2.72. The number of carbonyl (C=O) groups is 1. The van der Waals surface area contributed by atoms with E-state index in [9.17, 15) is 13.2 Å². The van der Waals surface area contributed by atoms with E-state index in [1.165, 1.54) is 12.1 Å². The largest absolute Gasteiger partial charge is 0.351 e. The molecule has 1 amide bonds. The molecule has 124 valence electrons. The molecule has 0 saturated heterocycles. The number of anilines is 1. The number of carbonyl (C=O) groups excluding carboxylic acids is 1. The number of H-pyrrole nitrogens is 1. The smallest absolute Gasteiger partial charge is 0.272 e. The van der Waals surface area contributed by atoms with E-state index >= 15 is 0 Å². The van der Waals surface area contributed by atoms with Crippen molar-refractivity contribution < 1.29 is 13.2 Å². The number of aromatic amines is 1. The fourth-order valence-corrected chi connectivity index (χ4v) is 3.39. The predicted octanol–water partition coefficient (Wildman–Crippen LogP) is 3.44. The molecule has 2 N–H and O–H groups in total. The van der Waals surface area contributed by atoms with E-state index < -0.39 is 9.84 Å². The maximum Gasteiger partial charge on any atom is 0.272 e. The second-order valence-corrected chi connectivity index (χ2v) is 8.00. The van der Waals surface area contributed by atoms with Crippen LogP contribution in [0.2, 0.25) is 0 Å². The van der Waals surface area contributed by atoms with Crippen molar-refractivity contribution in [3.8, 4) is 0 Å². The topological polar surface area (TPSA) is 79.0 Å². The summed E-state index contributed by atoms with van der Waals surface area (Å²) >= 11 is 0. The number of nitrogens with one attached hydrogen (secondary N) is 2. The van der Waals surface area contributed by atoms with Crippen LogP contribution >= 0.6 is 0 Å². The highest BCUT2D eigenvalue weighted by atomic mass is 32.2. The quantitative estimate of drug-likeness (QED) is 0.765. The van der Waals surface area contributed by atoms with Crippen LogP contribution in [-0.4, -0.2) is 25.6 Å². The van der Waals surface area contributed by atoms with Gasteiger partial charge in [0.1, 0.15) is 5.69 Å². The Kier molecular flexibility index (Phi) is 3.93. The molecule has 0 radical (unpaired) electrons. The van der Waals surface area contributed by atoms with Gasteiger partial charge in [0.05, 0.1) is 4.90 Å². The number of hydrogen-bond acceptors (Lipinski definition) is 3. The Hall–Kier alpha value is -2.60. The molecular weight excluding hydrogens is 324 g/mol. The molecule has 0 aliphatic heterocycles. The predicted molar refractivity (Wildman–Crippen MR) is 95.3 cm³/mol. The molecule has 0 spiro atoms. The van der Waals surface area contributed by atoms with Gasteiger partial charge in [-0.25, -0.2) is 8.42 Å².